The first kappa shape index (κ1) is 17.4. The monoisotopic (exact) mass is 359 g/mol. The molecule has 0 aromatic carbocycles. The van der Waals surface area contributed by atoms with E-state index in [1.807, 2.05) is 6.92 Å². The van der Waals surface area contributed by atoms with Crippen LogP contribution in [-0.4, -0.2) is 41.5 Å². The van der Waals surface area contributed by atoms with Crippen molar-refractivity contribution >= 4 is 6.21 Å². The van der Waals surface area contributed by atoms with E-state index < -0.39 is 17.6 Å². The molecular weight excluding hydrogens is 326 g/mol. The number of aliphatic hydroxyl groups is 2. The number of aliphatic imine (C=N–C) groups is 1. The summed E-state index contributed by atoms with van der Waals surface area (Å²) in [7, 11) is 0. The summed E-state index contributed by atoms with van der Waals surface area (Å²) in [6.45, 7) is 9.26. The van der Waals surface area contributed by atoms with Crippen molar-refractivity contribution in [3.63, 3.8) is 0 Å². The van der Waals surface area contributed by atoms with Gasteiger partial charge < -0.3 is 14.9 Å². The number of nitrogens with zero attached hydrogens (tertiary/aromatic N) is 1. The van der Waals surface area contributed by atoms with E-state index in [2.05, 4.69) is 19.7 Å². The van der Waals surface area contributed by atoms with Crippen molar-refractivity contribution in [3.05, 3.63) is 12.2 Å². The largest absolute Gasteiger partial charge is 0.392 e. The summed E-state index contributed by atoms with van der Waals surface area (Å²) in [6.07, 6.45) is 8.39. The van der Waals surface area contributed by atoms with Crippen molar-refractivity contribution in [2.75, 3.05) is 6.61 Å². The molecule has 26 heavy (non-hydrogen) atoms. The zero-order valence-electron chi connectivity index (χ0n) is 16.2. The number of aliphatic hydroxyl groups excluding tert-OH is 2. The Bertz CT molecular complexity index is 662. The van der Waals surface area contributed by atoms with Crippen LogP contribution in [0.2, 0.25) is 0 Å². The highest BCUT2D eigenvalue weighted by molar-refractivity contribution is 5.70. The van der Waals surface area contributed by atoms with E-state index in [1.165, 1.54) is 6.42 Å². The molecule has 1 heterocycles. The minimum Gasteiger partial charge on any atom is -0.392 e. The molecule has 9 unspecified atom stereocenters. The van der Waals surface area contributed by atoms with Gasteiger partial charge in [-0.05, 0) is 68.8 Å². The first-order valence-electron chi connectivity index (χ1n) is 10.6. The van der Waals surface area contributed by atoms with E-state index in [9.17, 15) is 10.2 Å². The van der Waals surface area contributed by atoms with Crippen molar-refractivity contribution in [2.24, 2.45) is 39.0 Å². The third kappa shape index (κ3) is 1.80. The second kappa shape index (κ2) is 5.42. The summed E-state index contributed by atoms with van der Waals surface area (Å²) >= 11 is 0. The highest BCUT2D eigenvalue weighted by Crippen LogP contribution is 2.73. The zero-order valence-corrected chi connectivity index (χ0v) is 16.2. The van der Waals surface area contributed by atoms with Crippen molar-refractivity contribution in [3.8, 4) is 0 Å². The normalized spacial score (nSPS) is 57.6. The van der Waals surface area contributed by atoms with Crippen LogP contribution in [0.3, 0.4) is 0 Å². The third-order valence-corrected chi connectivity index (χ3v) is 9.32. The SMILES string of the molecule is C=C1C2CCC3(C(O)CC4C5(C)CCCC4(C=NC5OCC)C3C2)C1O. The minimum absolute atomic E-state index is 0.00967. The molecule has 4 nitrogen and oxygen atoms in total. The quantitative estimate of drug-likeness (QED) is 0.744. The number of ether oxygens (including phenoxy) is 1. The van der Waals surface area contributed by atoms with Crippen LogP contribution in [0.25, 0.3) is 0 Å². The summed E-state index contributed by atoms with van der Waals surface area (Å²) in [5.74, 6) is 1.11. The topological polar surface area (TPSA) is 62.1 Å². The van der Waals surface area contributed by atoms with Gasteiger partial charge in [0.1, 0.15) is 0 Å². The first-order valence-corrected chi connectivity index (χ1v) is 10.6. The molecule has 1 aliphatic heterocycles. The van der Waals surface area contributed by atoms with Crippen molar-refractivity contribution in [1.29, 1.82) is 0 Å². The van der Waals surface area contributed by atoms with E-state index in [4.69, 9.17) is 9.73 Å². The Kier molecular flexibility index (Phi) is 3.63. The Hall–Kier alpha value is -0.710. The van der Waals surface area contributed by atoms with Crippen LogP contribution >= 0.6 is 0 Å². The average Bonchev–Trinajstić information content (AvgIpc) is 2.63. The fourth-order valence-corrected chi connectivity index (χ4v) is 8.15. The molecule has 144 valence electrons. The lowest BCUT2D eigenvalue weighted by Crippen LogP contribution is -2.72. The van der Waals surface area contributed by atoms with Crippen LogP contribution in [0.4, 0.5) is 0 Å². The maximum atomic E-state index is 11.4. The predicted molar refractivity (Wildman–Crippen MR) is 101 cm³/mol. The lowest BCUT2D eigenvalue weighted by molar-refractivity contribution is -0.250. The Morgan fingerprint density at radius 1 is 1.23 bits per heavy atom. The molecule has 0 amide bonds. The van der Waals surface area contributed by atoms with Gasteiger partial charge in [-0.25, -0.2) is 0 Å². The van der Waals surface area contributed by atoms with Gasteiger partial charge in [0, 0.05) is 29.1 Å². The Morgan fingerprint density at radius 2 is 2.04 bits per heavy atom. The molecule has 4 heteroatoms. The summed E-state index contributed by atoms with van der Waals surface area (Å²) in [5, 5.41) is 22.6. The van der Waals surface area contributed by atoms with E-state index in [0.717, 1.165) is 44.1 Å². The van der Waals surface area contributed by atoms with Gasteiger partial charge in [-0.2, -0.15) is 0 Å². The molecule has 6 aliphatic rings. The molecule has 0 radical (unpaired) electrons. The second-order valence-corrected chi connectivity index (χ2v) is 9.98. The highest BCUT2D eigenvalue weighted by atomic mass is 16.5. The second-order valence-electron chi connectivity index (χ2n) is 9.98. The molecule has 0 aromatic rings. The van der Waals surface area contributed by atoms with Gasteiger partial charge in [-0.15, -0.1) is 0 Å². The van der Waals surface area contributed by atoms with Gasteiger partial charge in [-0.1, -0.05) is 19.9 Å². The molecule has 4 bridgehead atoms. The van der Waals surface area contributed by atoms with Crippen LogP contribution in [0.5, 0.6) is 0 Å². The summed E-state index contributed by atoms with van der Waals surface area (Å²) in [4.78, 5) is 4.96. The van der Waals surface area contributed by atoms with E-state index in [-0.39, 0.29) is 17.1 Å². The maximum absolute atomic E-state index is 11.4. The number of hydrogen-bond donors (Lipinski definition) is 2. The van der Waals surface area contributed by atoms with Crippen molar-refractivity contribution in [2.45, 2.75) is 77.2 Å². The van der Waals surface area contributed by atoms with Crippen molar-refractivity contribution < 1.29 is 14.9 Å². The van der Waals surface area contributed by atoms with Crippen LogP contribution in [0.1, 0.15) is 58.8 Å². The number of rotatable bonds is 2. The number of fused-ring (bicyclic) bond motifs is 2. The predicted octanol–water partition coefficient (Wildman–Crippen LogP) is 3.32. The molecule has 1 spiro atoms. The first-order chi connectivity index (χ1) is 12.4. The van der Waals surface area contributed by atoms with Gasteiger partial charge in [-0.3, -0.25) is 4.99 Å². The summed E-state index contributed by atoms with van der Waals surface area (Å²) in [5.41, 5.74) is 0.565. The third-order valence-electron chi connectivity index (χ3n) is 9.32. The molecule has 5 fully saturated rings. The van der Waals surface area contributed by atoms with Gasteiger partial charge in [0.15, 0.2) is 6.23 Å². The van der Waals surface area contributed by atoms with Gasteiger partial charge >= 0.3 is 0 Å². The zero-order chi connectivity index (χ0) is 18.3. The van der Waals surface area contributed by atoms with Crippen molar-refractivity contribution in [1.82, 2.24) is 0 Å². The summed E-state index contributed by atoms with van der Waals surface area (Å²) < 4.78 is 6.04. The number of hydrogen-bond acceptors (Lipinski definition) is 4. The van der Waals surface area contributed by atoms with Gasteiger partial charge in [0.25, 0.3) is 0 Å². The smallest absolute Gasteiger partial charge is 0.153 e. The molecular formula is C22H33NO3. The average molecular weight is 360 g/mol. The lowest BCUT2D eigenvalue weighted by atomic mass is 9.34. The molecule has 6 rings (SSSR count). The van der Waals surface area contributed by atoms with Crippen LogP contribution < -0.4 is 0 Å². The molecule has 9 atom stereocenters. The standard InChI is InChI=1S/C22H33NO3/c1-4-26-19-20(3)7-5-8-21(12-23-19)15(20)11-17(24)22-9-6-14(10-16(21)22)13(2)18(22)25/h12,14-19,24-25H,2,4-11H2,1,3H3. The van der Waals surface area contributed by atoms with E-state index in [1.54, 1.807) is 0 Å². The van der Waals surface area contributed by atoms with E-state index >= 15 is 0 Å². The Morgan fingerprint density at radius 3 is 2.81 bits per heavy atom. The Balaban J connectivity index is 1.65. The summed E-state index contributed by atoms with van der Waals surface area (Å²) in [6, 6.07) is 0. The maximum Gasteiger partial charge on any atom is 0.153 e. The Labute approximate surface area is 156 Å². The molecule has 2 N–H and O–H groups in total. The fourth-order valence-electron chi connectivity index (χ4n) is 8.15. The van der Waals surface area contributed by atoms with Gasteiger partial charge in [0.2, 0.25) is 0 Å². The van der Waals surface area contributed by atoms with Crippen LogP contribution in [-0.2, 0) is 4.74 Å². The van der Waals surface area contributed by atoms with Crippen LogP contribution in [0.15, 0.2) is 17.1 Å². The molecule has 0 saturated heterocycles. The molecule has 5 aliphatic carbocycles. The minimum atomic E-state index is -0.559. The highest BCUT2D eigenvalue weighted by Gasteiger charge is 2.72. The van der Waals surface area contributed by atoms with E-state index in [0.29, 0.717) is 24.4 Å². The molecule has 0 aromatic heterocycles. The van der Waals surface area contributed by atoms with Crippen LogP contribution in [0, 0.1) is 34.0 Å². The lowest BCUT2D eigenvalue weighted by Gasteiger charge is -2.71. The van der Waals surface area contributed by atoms with Gasteiger partial charge in [0.05, 0.1) is 12.2 Å². The fraction of sp³-hybridized carbons (Fsp3) is 0.864. The molecule has 5 saturated carbocycles.